The Morgan fingerprint density at radius 2 is 2.04 bits per heavy atom. The van der Waals surface area contributed by atoms with Gasteiger partial charge >= 0.3 is 0 Å². The number of methoxy groups -OCH3 is 1. The molecule has 0 saturated carbocycles. The van der Waals surface area contributed by atoms with Gasteiger partial charge in [-0.25, -0.2) is 4.68 Å². The van der Waals surface area contributed by atoms with Gasteiger partial charge in [-0.3, -0.25) is 9.69 Å². The molecule has 0 N–H and O–H groups in total. The van der Waals surface area contributed by atoms with Gasteiger partial charge in [0, 0.05) is 50.9 Å². The molecule has 1 aromatic heterocycles. The molecule has 0 aliphatic carbocycles. The minimum absolute atomic E-state index is 0.312. The van der Waals surface area contributed by atoms with Crippen molar-refractivity contribution in [1.29, 1.82) is 0 Å². The molecule has 0 radical (unpaired) electrons. The summed E-state index contributed by atoms with van der Waals surface area (Å²) >= 11 is 0. The molecule has 6 heteroatoms. The topological polar surface area (TPSA) is 50.6 Å². The van der Waals surface area contributed by atoms with Crippen molar-refractivity contribution >= 4 is 11.5 Å². The van der Waals surface area contributed by atoms with E-state index in [-0.39, 0.29) is 0 Å². The van der Waals surface area contributed by atoms with Crippen molar-refractivity contribution in [2.45, 2.75) is 19.3 Å². The van der Waals surface area contributed by atoms with Crippen molar-refractivity contribution in [3.63, 3.8) is 0 Å². The van der Waals surface area contributed by atoms with E-state index in [9.17, 15) is 4.79 Å². The average Bonchev–Trinajstić information content (AvgIpc) is 3.36. The molecule has 1 amide bonds. The minimum atomic E-state index is 0.312. The highest BCUT2D eigenvalue weighted by Gasteiger charge is 2.21. The summed E-state index contributed by atoms with van der Waals surface area (Å²) in [6, 6.07) is 7.90. The number of nitrogens with zero attached hydrogens (tertiary/aromatic N) is 4. The summed E-state index contributed by atoms with van der Waals surface area (Å²) < 4.78 is 7.31. The van der Waals surface area contributed by atoms with Crippen LogP contribution in [-0.4, -0.2) is 65.3 Å². The lowest BCUT2D eigenvalue weighted by Gasteiger charge is -2.28. The number of carbonyl (C=O) groups excluding carboxylic acids is 1. The molecule has 0 spiro atoms. The SMILES string of the molecule is COc1ccccc1-n1cc(C2=CCN(CCN3CCCC3=O)CC2)cn1. The van der Waals surface area contributed by atoms with Crippen LogP contribution in [-0.2, 0) is 4.79 Å². The largest absolute Gasteiger partial charge is 0.494 e. The zero-order chi connectivity index (χ0) is 18.6. The lowest BCUT2D eigenvalue weighted by Crippen LogP contribution is -2.37. The number of carbonyl (C=O) groups is 1. The van der Waals surface area contributed by atoms with Crippen molar-refractivity contribution in [2.75, 3.05) is 39.8 Å². The second-order valence-corrected chi connectivity index (χ2v) is 7.11. The van der Waals surface area contributed by atoms with E-state index in [1.807, 2.05) is 40.0 Å². The summed E-state index contributed by atoms with van der Waals surface area (Å²) in [6.45, 7) is 4.69. The summed E-state index contributed by atoms with van der Waals surface area (Å²) in [5, 5.41) is 4.52. The summed E-state index contributed by atoms with van der Waals surface area (Å²) in [4.78, 5) is 16.1. The molecular formula is C21H26N4O2. The van der Waals surface area contributed by atoms with Crippen LogP contribution in [0.4, 0.5) is 0 Å². The molecule has 1 saturated heterocycles. The monoisotopic (exact) mass is 366 g/mol. The molecular weight excluding hydrogens is 340 g/mol. The minimum Gasteiger partial charge on any atom is -0.494 e. The smallest absolute Gasteiger partial charge is 0.222 e. The van der Waals surface area contributed by atoms with Crippen molar-refractivity contribution in [3.8, 4) is 11.4 Å². The standard InChI is InChI=1S/C21H26N4O2/c1-27-20-6-3-2-5-19(20)25-16-18(15-22-25)17-8-11-23(12-9-17)13-14-24-10-4-7-21(24)26/h2-3,5-6,8,15-16H,4,7,9-14H2,1H3. The first kappa shape index (κ1) is 17.8. The highest BCUT2D eigenvalue weighted by molar-refractivity contribution is 5.78. The Bertz CT molecular complexity index is 842. The second kappa shape index (κ2) is 7.96. The maximum Gasteiger partial charge on any atom is 0.222 e. The second-order valence-electron chi connectivity index (χ2n) is 7.11. The van der Waals surface area contributed by atoms with Gasteiger partial charge in [0.25, 0.3) is 0 Å². The van der Waals surface area contributed by atoms with E-state index in [1.54, 1.807) is 7.11 Å². The van der Waals surface area contributed by atoms with E-state index >= 15 is 0 Å². The van der Waals surface area contributed by atoms with Gasteiger partial charge in [0.15, 0.2) is 0 Å². The van der Waals surface area contributed by atoms with Gasteiger partial charge < -0.3 is 9.64 Å². The summed E-state index contributed by atoms with van der Waals surface area (Å²) in [6.07, 6.45) is 9.03. The third kappa shape index (κ3) is 3.90. The van der Waals surface area contributed by atoms with Gasteiger partial charge in [0.1, 0.15) is 11.4 Å². The van der Waals surface area contributed by atoms with Gasteiger partial charge in [0.2, 0.25) is 5.91 Å². The molecule has 2 aromatic rings. The Morgan fingerprint density at radius 3 is 2.78 bits per heavy atom. The maximum atomic E-state index is 11.7. The first-order valence-corrected chi connectivity index (χ1v) is 9.62. The summed E-state index contributed by atoms with van der Waals surface area (Å²) in [7, 11) is 1.68. The van der Waals surface area contributed by atoms with Gasteiger partial charge in [-0.05, 0) is 30.5 Å². The third-order valence-electron chi connectivity index (χ3n) is 5.44. The van der Waals surface area contributed by atoms with Gasteiger partial charge in [-0.15, -0.1) is 0 Å². The predicted molar refractivity (Wildman–Crippen MR) is 105 cm³/mol. The molecule has 4 rings (SSSR count). The third-order valence-corrected chi connectivity index (χ3v) is 5.44. The van der Waals surface area contributed by atoms with E-state index in [2.05, 4.69) is 22.3 Å². The molecule has 1 aromatic carbocycles. The molecule has 6 nitrogen and oxygen atoms in total. The van der Waals surface area contributed by atoms with Gasteiger partial charge in [-0.2, -0.15) is 5.10 Å². The first-order valence-electron chi connectivity index (χ1n) is 9.62. The van der Waals surface area contributed by atoms with Crippen molar-refractivity contribution in [2.24, 2.45) is 0 Å². The van der Waals surface area contributed by atoms with E-state index < -0.39 is 0 Å². The number of para-hydroxylation sites is 2. The fraction of sp³-hybridized carbons (Fsp3) is 0.429. The molecule has 2 aliphatic heterocycles. The van der Waals surface area contributed by atoms with E-state index in [1.165, 1.54) is 5.57 Å². The van der Waals surface area contributed by atoms with Crippen LogP contribution in [0.1, 0.15) is 24.8 Å². The van der Waals surface area contributed by atoms with Crippen LogP contribution in [0, 0.1) is 0 Å². The Kier molecular flexibility index (Phi) is 5.25. The summed E-state index contributed by atoms with van der Waals surface area (Å²) in [5.74, 6) is 1.12. The van der Waals surface area contributed by atoms with E-state index in [0.717, 1.165) is 69.0 Å². The quantitative estimate of drug-likeness (QED) is 0.789. The van der Waals surface area contributed by atoms with Crippen LogP contribution in [0.5, 0.6) is 5.75 Å². The number of likely N-dealkylation sites (tertiary alicyclic amines) is 1. The fourth-order valence-corrected chi connectivity index (χ4v) is 3.82. The zero-order valence-electron chi connectivity index (χ0n) is 15.8. The molecule has 27 heavy (non-hydrogen) atoms. The zero-order valence-corrected chi connectivity index (χ0v) is 15.8. The van der Waals surface area contributed by atoms with Crippen molar-refractivity contribution in [1.82, 2.24) is 19.6 Å². The Balaban J connectivity index is 1.38. The Hall–Kier alpha value is -2.60. The molecule has 0 unspecified atom stereocenters. The Labute approximate surface area is 160 Å². The van der Waals surface area contributed by atoms with Gasteiger partial charge in [-0.1, -0.05) is 18.2 Å². The lowest BCUT2D eigenvalue weighted by molar-refractivity contribution is -0.127. The van der Waals surface area contributed by atoms with Crippen molar-refractivity contribution in [3.05, 3.63) is 48.3 Å². The number of benzene rings is 1. The average molecular weight is 366 g/mol. The predicted octanol–water partition coefficient (Wildman–Crippen LogP) is 2.59. The number of rotatable bonds is 6. The molecule has 2 aliphatic rings. The fourth-order valence-electron chi connectivity index (χ4n) is 3.82. The van der Waals surface area contributed by atoms with Crippen LogP contribution in [0.25, 0.3) is 11.3 Å². The molecule has 3 heterocycles. The molecule has 1 fully saturated rings. The van der Waals surface area contributed by atoms with Crippen molar-refractivity contribution < 1.29 is 9.53 Å². The first-order chi connectivity index (χ1) is 13.2. The van der Waals surface area contributed by atoms with E-state index in [4.69, 9.17) is 4.74 Å². The highest BCUT2D eigenvalue weighted by atomic mass is 16.5. The lowest BCUT2D eigenvalue weighted by atomic mass is 10.0. The molecule has 0 bridgehead atoms. The number of amides is 1. The number of hydrogen-bond donors (Lipinski definition) is 0. The van der Waals surface area contributed by atoms with Crippen LogP contribution in [0.2, 0.25) is 0 Å². The maximum absolute atomic E-state index is 11.7. The van der Waals surface area contributed by atoms with E-state index in [0.29, 0.717) is 5.91 Å². The van der Waals surface area contributed by atoms with Crippen LogP contribution in [0.15, 0.2) is 42.7 Å². The summed E-state index contributed by atoms with van der Waals surface area (Å²) in [5.41, 5.74) is 3.44. The van der Waals surface area contributed by atoms with Crippen LogP contribution >= 0.6 is 0 Å². The van der Waals surface area contributed by atoms with Crippen LogP contribution in [0.3, 0.4) is 0 Å². The highest BCUT2D eigenvalue weighted by Crippen LogP contribution is 2.26. The van der Waals surface area contributed by atoms with Crippen LogP contribution < -0.4 is 4.74 Å². The molecule has 0 atom stereocenters. The number of hydrogen-bond acceptors (Lipinski definition) is 4. The number of ether oxygens (including phenoxy) is 1. The Morgan fingerprint density at radius 1 is 1.15 bits per heavy atom. The number of aromatic nitrogens is 2. The molecule has 142 valence electrons. The normalized spacial score (nSPS) is 18.0. The van der Waals surface area contributed by atoms with Gasteiger partial charge in [0.05, 0.1) is 13.3 Å².